The molecular weight excluding hydrogens is 188 g/mol. The molecule has 1 aliphatic heterocycles. The fourth-order valence-electron chi connectivity index (χ4n) is 2.20. The van der Waals surface area contributed by atoms with Gasteiger partial charge in [-0.05, 0) is 45.3 Å². The van der Waals surface area contributed by atoms with Crippen LogP contribution in [-0.4, -0.2) is 43.8 Å². The van der Waals surface area contributed by atoms with Gasteiger partial charge in [0.1, 0.15) is 0 Å². The van der Waals surface area contributed by atoms with E-state index in [0.29, 0.717) is 18.1 Å². The highest BCUT2D eigenvalue weighted by Gasteiger charge is 2.26. The van der Waals surface area contributed by atoms with E-state index in [-0.39, 0.29) is 0 Å². The van der Waals surface area contributed by atoms with Crippen LogP contribution in [0.25, 0.3) is 0 Å². The third-order valence-electron chi connectivity index (χ3n) is 3.37. The van der Waals surface area contributed by atoms with Crippen LogP contribution in [0.2, 0.25) is 0 Å². The summed E-state index contributed by atoms with van der Waals surface area (Å²) in [6.07, 6.45) is 3.90. The van der Waals surface area contributed by atoms with Gasteiger partial charge in [0.05, 0.1) is 6.10 Å². The number of nitrogens with two attached hydrogens (primary N) is 1. The molecule has 1 rings (SSSR count). The van der Waals surface area contributed by atoms with Crippen molar-refractivity contribution in [2.24, 2.45) is 11.7 Å². The van der Waals surface area contributed by atoms with Crippen LogP contribution < -0.4 is 5.73 Å². The lowest BCUT2D eigenvalue weighted by Gasteiger charge is -2.37. The van der Waals surface area contributed by atoms with Gasteiger partial charge in [0, 0.05) is 12.6 Å². The fraction of sp³-hybridized carbons (Fsp3) is 1.00. The Balaban J connectivity index is 2.34. The zero-order valence-electron chi connectivity index (χ0n) is 10.4. The predicted molar refractivity (Wildman–Crippen MR) is 63.9 cm³/mol. The van der Waals surface area contributed by atoms with E-state index in [0.717, 1.165) is 26.1 Å². The van der Waals surface area contributed by atoms with Crippen LogP contribution in [0.3, 0.4) is 0 Å². The van der Waals surface area contributed by atoms with Crippen molar-refractivity contribution in [2.75, 3.05) is 26.7 Å². The van der Waals surface area contributed by atoms with Crippen molar-refractivity contribution < 1.29 is 4.74 Å². The number of rotatable bonds is 5. The van der Waals surface area contributed by atoms with Gasteiger partial charge in [0.15, 0.2) is 0 Å². The molecule has 0 aromatic rings. The van der Waals surface area contributed by atoms with Crippen molar-refractivity contribution in [3.8, 4) is 0 Å². The highest BCUT2D eigenvalue weighted by Crippen LogP contribution is 2.23. The monoisotopic (exact) mass is 214 g/mol. The molecule has 1 saturated heterocycles. The van der Waals surface area contributed by atoms with Gasteiger partial charge in [-0.2, -0.15) is 0 Å². The Morgan fingerprint density at radius 1 is 1.47 bits per heavy atom. The average molecular weight is 214 g/mol. The van der Waals surface area contributed by atoms with Crippen LogP contribution >= 0.6 is 0 Å². The lowest BCUT2D eigenvalue weighted by atomic mass is 9.94. The van der Waals surface area contributed by atoms with Gasteiger partial charge >= 0.3 is 0 Å². The van der Waals surface area contributed by atoms with Gasteiger partial charge in [-0.15, -0.1) is 0 Å². The summed E-state index contributed by atoms with van der Waals surface area (Å²) in [5, 5.41) is 0. The molecule has 0 saturated carbocycles. The molecule has 15 heavy (non-hydrogen) atoms. The Morgan fingerprint density at radius 2 is 2.20 bits per heavy atom. The van der Waals surface area contributed by atoms with Crippen LogP contribution in [0, 0.1) is 5.92 Å². The Hall–Kier alpha value is -0.120. The maximum atomic E-state index is 5.77. The summed E-state index contributed by atoms with van der Waals surface area (Å²) in [7, 11) is 2.21. The quantitative estimate of drug-likeness (QED) is 0.753. The molecule has 0 aromatic heterocycles. The number of hydrogen-bond donors (Lipinski definition) is 1. The lowest BCUT2D eigenvalue weighted by molar-refractivity contribution is -0.0441. The molecule has 1 fully saturated rings. The number of ether oxygens (including phenoxy) is 1. The third kappa shape index (κ3) is 4.09. The largest absolute Gasteiger partial charge is 0.378 e. The smallest absolute Gasteiger partial charge is 0.0612 e. The van der Waals surface area contributed by atoms with Crippen molar-refractivity contribution in [1.29, 1.82) is 0 Å². The second kappa shape index (κ2) is 6.46. The summed E-state index contributed by atoms with van der Waals surface area (Å²) < 4.78 is 5.77. The van der Waals surface area contributed by atoms with Gasteiger partial charge in [-0.1, -0.05) is 13.8 Å². The van der Waals surface area contributed by atoms with Gasteiger partial charge in [0.2, 0.25) is 0 Å². The van der Waals surface area contributed by atoms with Gasteiger partial charge in [-0.3, -0.25) is 0 Å². The highest BCUT2D eigenvalue weighted by molar-refractivity contribution is 4.79. The van der Waals surface area contributed by atoms with E-state index in [1.54, 1.807) is 0 Å². The van der Waals surface area contributed by atoms with Crippen LogP contribution in [0.1, 0.15) is 33.1 Å². The minimum absolute atomic E-state index is 0.448. The van der Waals surface area contributed by atoms with E-state index >= 15 is 0 Å². The van der Waals surface area contributed by atoms with Crippen molar-refractivity contribution in [2.45, 2.75) is 45.3 Å². The van der Waals surface area contributed by atoms with Crippen molar-refractivity contribution in [3.05, 3.63) is 0 Å². The first-order chi connectivity index (χ1) is 7.15. The standard InChI is InChI=1S/C12H26N2O/c1-10(2)12-9-11(5-8-15-12)14(3)7-4-6-13/h10-12H,4-9,13H2,1-3H3. The maximum Gasteiger partial charge on any atom is 0.0612 e. The molecule has 0 spiro atoms. The zero-order valence-corrected chi connectivity index (χ0v) is 10.4. The normalized spacial score (nSPS) is 27.6. The van der Waals surface area contributed by atoms with Crippen LogP contribution in [0.4, 0.5) is 0 Å². The predicted octanol–water partition coefficient (Wildman–Crippen LogP) is 1.47. The maximum absolute atomic E-state index is 5.77. The molecule has 0 radical (unpaired) electrons. The van der Waals surface area contributed by atoms with E-state index in [4.69, 9.17) is 10.5 Å². The van der Waals surface area contributed by atoms with E-state index in [2.05, 4.69) is 25.8 Å². The van der Waals surface area contributed by atoms with Gasteiger partial charge in [0.25, 0.3) is 0 Å². The first-order valence-corrected chi connectivity index (χ1v) is 6.17. The van der Waals surface area contributed by atoms with Gasteiger partial charge in [-0.25, -0.2) is 0 Å². The van der Waals surface area contributed by atoms with E-state index in [1.807, 2.05) is 0 Å². The van der Waals surface area contributed by atoms with Crippen molar-refractivity contribution in [1.82, 2.24) is 4.90 Å². The minimum Gasteiger partial charge on any atom is -0.378 e. The highest BCUT2D eigenvalue weighted by atomic mass is 16.5. The summed E-state index contributed by atoms with van der Waals surface area (Å²) >= 11 is 0. The van der Waals surface area contributed by atoms with E-state index in [9.17, 15) is 0 Å². The molecule has 3 heteroatoms. The minimum atomic E-state index is 0.448. The van der Waals surface area contributed by atoms with Crippen LogP contribution in [0.15, 0.2) is 0 Å². The third-order valence-corrected chi connectivity index (χ3v) is 3.37. The molecule has 2 unspecified atom stereocenters. The summed E-state index contributed by atoms with van der Waals surface area (Å²) in [4.78, 5) is 2.45. The fourth-order valence-corrected chi connectivity index (χ4v) is 2.20. The summed E-state index contributed by atoms with van der Waals surface area (Å²) in [5.74, 6) is 0.635. The summed E-state index contributed by atoms with van der Waals surface area (Å²) in [5.41, 5.74) is 5.53. The van der Waals surface area contributed by atoms with Crippen molar-refractivity contribution >= 4 is 0 Å². The first-order valence-electron chi connectivity index (χ1n) is 6.17. The van der Waals surface area contributed by atoms with Crippen LogP contribution in [-0.2, 0) is 4.74 Å². The molecule has 0 aromatic carbocycles. The number of nitrogens with zero attached hydrogens (tertiary/aromatic N) is 1. The molecule has 90 valence electrons. The Labute approximate surface area is 94.0 Å². The molecule has 3 nitrogen and oxygen atoms in total. The Morgan fingerprint density at radius 3 is 2.80 bits per heavy atom. The zero-order chi connectivity index (χ0) is 11.3. The molecule has 0 aliphatic carbocycles. The molecule has 1 heterocycles. The second-order valence-corrected chi connectivity index (χ2v) is 4.95. The number of hydrogen-bond acceptors (Lipinski definition) is 3. The second-order valence-electron chi connectivity index (χ2n) is 4.95. The first kappa shape index (κ1) is 12.9. The summed E-state index contributed by atoms with van der Waals surface area (Å²) in [6, 6.07) is 0.692. The molecule has 0 amide bonds. The summed E-state index contributed by atoms with van der Waals surface area (Å²) in [6.45, 7) is 7.31. The molecule has 0 bridgehead atoms. The Kier molecular flexibility index (Phi) is 5.58. The Bertz CT molecular complexity index is 173. The molecule has 1 aliphatic rings. The lowest BCUT2D eigenvalue weighted by Crippen LogP contribution is -2.42. The van der Waals surface area contributed by atoms with E-state index in [1.165, 1.54) is 12.8 Å². The topological polar surface area (TPSA) is 38.5 Å². The van der Waals surface area contributed by atoms with Crippen LogP contribution in [0.5, 0.6) is 0 Å². The molecule has 2 N–H and O–H groups in total. The average Bonchev–Trinajstić information content (AvgIpc) is 2.26. The van der Waals surface area contributed by atoms with Gasteiger partial charge < -0.3 is 15.4 Å². The molecular formula is C12H26N2O. The van der Waals surface area contributed by atoms with Crippen molar-refractivity contribution in [3.63, 3.8) is 0 Å². The molecule has 2 atom stereocenters. The SMILES string of the molecule is CC(C)C1CC(N(C)CCCN)CCO1. The van der Waals surface area contributed by atoms with E-state index < -0.39 is 0 Å².